The van der Waals surface area contributed by atoms with Crippen LogP contribution in [0.4, 0.5) is 0 Å². The highest BCUT2D eigenvalue weighted by Gasteiger charge is 1.70. The normalized spacial score (nSPS) is 10.2. The Bertz CT molecular complexity index is 40.8. The smallest absolute Gasteiger partial charge is 0.138 e. The molecule has 0 N–H and O–H groups in total. The van der Waals surface area contributed by atoms with Crippen LogP contribution >= 0.6 is 0 Å². The first-order valence-electron chi connectivity index (χ1n) is 1.77. The highest BCUT2D eigenvalue weighted by molar-refractivity contribution is 4.69. The molecular weight excluding hydrogens is 80.0 g/mol. The third-order valence-electron chi connectivity index (χ3n) is 0.381. The van der Waals surface area contributed by atoms with Gasteiger partial charge in [-0.05, 0) is 12.5 Å². The largest absolute Gasteiger partial charge is 0.299 e. The van der Waals surface area contributed by atoms with Gasteiger partial charge in [-0.25, -0.2) is 5.11 Å². The molecule has 2 radical (unpaired) electrons. The Kier molecular flexibility index (Phi) is 4.12. The Labute approximate surface area is 36.7 Å². The van der Waals surface area contributed by atoms with Crippen molar-refractivity contribution in [2.75, 3.05) is 6.61 Å². The van der Waals surface area contributed by atoms with Crippen LogP contribution in [0.1, 0.15) is 6.42 Å². The number of rotatable bonds is 2. The van der Waals surface area contributed by atoms with E-state index >= 15 is 0 Å². The minimum absolute atomic E-state index is 0.182. The van der Waals surface area contributed by atoms with Gasteiger partial charge in [0.05, 0.1) is 6.61 Å². The summed E-state index contributed by atoms with van der Waals surface area (Å²) in [7, 11) is 0. The zero-order valence-corrected chi connectivity index (χ0v) is 3.39. The summed E-state index contributed by atoms with van der Waals surface area (Å²) in [5.41, 5.74) is 0. The van der Waals surface area contributed by atoms with Crippen LogP contribution in [-0.4, -0.2) is 6.61 Å². The molecule has 0 amide bonds. The molecule has 0 spiro atoms. The van der Waals surface area contributed by atoms with Crippen molar-refractivity contribution in [3.63, 3.8) is 0 Å². The molecule has 0 aromatic carbocycles. The first-order chi connectivity index (χ1) is 2.91. The van der Waals surface area contributed by atoms with E-state index in [-0.39, 0.29) is 6.61 Å². The van der Waals surface area contributed by atoms with Crippen LogP contribution in [-0.2, 0) is 10.2 Å². The molecular formula is C4H6O2. The Balaban J connectivity index is 2.66. The maximum absolute atomic E-state index is 9.50. The van der Waals surface area contributed by atoms with Gasteiger partial charge < -0.3 is 0 Å². The van der Waals surface area contributed by atoms with Crippen molar-refractivity contribution in [3.8, 4) is 0 Å². The van der Waals surface area contributed by atoms with E-state index in [4.69, 9.17) is 0 Å². The van der Waals surface area contributed by atoms with Crippen molar-refractivity contribution in [2.45, 2.75) is 6.42 Å². The average Bonchev–Trinajstić information content (AvgIpc) is 1.61. The summed E-state index contributed by atoms with van der Waals surface area (Å²) in [4.78, 5) is 0. The highest BCUT2D eigenvalue weighted by Crippen LogP contribution is 1.75. The predicted molar refractivity (Wildman–Crippen MR) is 20.0 cm³/mol. The van der Waals surface area contributed by atoms with Gasteiger partial charge in [-0.1, -0.05) is 0 Å². The minimum atomic E-state index is -0.182. The summed E-state index contributed by atoms with van der Waals surface area (Å²) < 4.78 is 0. The maximum atomic E-state index is 9.50. The molecule has 0 fully saturated rings. The first-order valence-corrected chi connectivity index (χ1v) is 1.77. The summed E-state index contributed by atoms with van der Waals surface area (Å²) in [6.45, 7) is -0.182. The van der Waals surface area contributed by atoms with E-state index in [0.29, 0.717) is 12.7 Å². The van der Waals surface area contributed by atoms with Gasteiger partial charge in [-0.3, -0.25) is 5.11 Å². The van der Waals surface area contributed by atoms with Crippen LogP contribution in [0.5, 0.6) is 0 Å². The van der Waals surface area contributed by atoms with E-state index in [1.54, 1.807) is 0 Å². The van der Waals surface area contributed by atoms with E-state index in [2.05, 4.69) is 0 Å². The van der Waals surface area contributed by atoms with Crippen LogP contribution in [0.25, 0.3) is 0 Å². The number of hydrogen-bond donors (Lipinski definition) is 0. The molecule has 0 saturated carbocycles. The first kappa shape index (κ1) is 5.50. The van der Waals surface area contributed by atoms with E-state index in [0.717, 1.165) is 0 Å². The minimum Gasteiger partial charge on any atom is -0.299 e. The molecule has 0 rings (SSSR count). The Hall–Kier alpha value is -0.500. The van der Waals surface area contributed by atoms with E-state index in [9.17, 15) is 10.2 Å². The van der Waals surface area contributed by atoms with Gasteiger partial charge in [0.25, 0.3) is 0 Å². The molecule has 0 atom stereocenters. The van der Waals surface area contributed by atoms with Crippen LogP contribution < -0.4 is 0 Å². The molecule has 0 heterocycles. The zero-order chi connectivity index (χ0) is 4.83. The fourth-order valence-electron chi connectivity index (χ4n) is 0.136. The molecule has 0 aromatic rings. The van der Waals surface area contributed by atoms with Crippen LogP contribution in [0.3, 0.4) is 0 Å². The topological polar surface area (TPSA) is 39.8 Å². The molecule has 0 aromatic heterocycles. The van der Waals surface area contributed by atoms with Gasteiger partial charge >= 0.3 is 0 Å². The molecule has 0 unspecified atom stereocenters. The standard InChI is InChI=1S/C4H6O2/c5-3-1-2-4-6/h1,3H,2,4H2. The van der Waals surface area contributed by atoms with Crippen molar-refractivity contribution < 1.29 is 10.2 Å². The molecule has 0 aliphatic rings. The van der Waals surface area contributed by atoms with Gasteiger partial charge in [0, 0.05) is 0 Å². The zero-order valence-electron chi connectivity index (χ0n) is 3.39. The lowest BCUT2D eigenvalue weighted by atomic mass is 10.5. The lowest BCUT2D eigenvalue weighted by molar-refractivity contribution is 0.198. The summed E-state index contributed by atoms with van der Waals surface area (Å²) >= 11 is 0. The van der Waals surface area contributed by atoms with Crippen LogP contribution in [0.2, 0.25) is 0 Å². The van der Waals surface area contributed by atoms with Crippen LogP contribution in [0.15, 0.2) is 12.3 Å². The van der Waals surface area contributed by atoms with Crippen molar-refractivity contribution in [2.24, 2.45) is 0 Å². The van der Waals surface area contributed by atoms with Gasteiger partial charge in [0.2, 0.25) is 0 Å². The summed E-state index contributed by atoms with van der Waals surface area (Å²) in [5.74, 6) is 0. The highest BCUT2D eigenvalue weighted by atomic mass is 16.3. The van der Waals surface area contributed by atoms with E-state index in [1.165, 1.54) is 6.08 Å². The molecule has 0 aliphatic carbocycles. The van der Waals surface area contributed by atoms with Crippen LogP contribution in [0, 0.1) is 0 Å². The van der Waals surface area contributed by atoms with E-state index < -0.39 is 0 Å². The number of hydrogen-bond acceptors (Lipinski definition) is 0. The third kappa shape index (κ3) is 3.50. The maximum Gasteiger partial charge on any atom is 0.138 e. The summed E-state index contributed by atoms with van der Waals surface area (Å²) in [5, 5.41) is 18.9. The molecule has 6 heavy (non-hydrogen) atoms. The predicted octanol–water partition coefficient (Wildman–Crippen LogP) is 0.751. The van der Waals surface area contributed by atoms with Gasteiger partial charge in [0.15, 0.2) is 0 Å². The molecule has 0 bridgehead atoms. The van der Waals surface area contributed by atoms with Gasteiger partial charge in [-0.15, -0.1) is 0 Å². The van der Waals surface area contributed by atoms with E-state index in [1.807, 2.05) is 0 Å². The van der Waals surface area contributed by atoms with Crippen molar-refractivity contribution >= 4 is 0 Å². The quantitative estimate of drug-likeness (QED) is 0.445. The van der Waals surface area contributed by atoms with Gasteiger partial charge in [-0.2, -0.15) is 0 Å². The molecule has 0 aliphatic heterocycles. The fourth-order valence-corrected chi connectivity index (χ4v) is 0.136. The molecule has 34 valence electrons. The Morgan fingerprint density at radius 1 is 1.50 bits per heavy atom. The second kappa shape index (κ2) is 4.50. The summed E-state index contributed by atoms with van der Waals surface area (Å²) in [6, 6.07) is 0. The van der Waals surface area contributed by atoms with Crippen molar-refractivity contribution in [1.82, 2.24) is 0 Å². The van der Waals surface area contributed by atoms with Gasteiger partial charge in [0.1, 0.15) is 6.26 Å². The average molecular weight is 86.1 g/mol. The SMILES string of the molecule is [O]C=CCC[O]. The Morgan fingerprint density at radius 3 is 2.33 bits per heavy atom. The molecule has 2 nitrogen and oxygen atoms in total. The summed E-state index contributed by atoms with van der Waals surface area (Å²) in [6.07, 6.45) is 2.31. The lowest BCUT2D eigenvalue weighted by Gasteiger charge is -1.71. The third-order valence-corrected chi connectivity index (χ3v) is 0.381. The van der Waals surface area contributed by atoms with Crippen molar-refractivity contribution in [3.05, 3.63) is 12.3 Å². The fraction of sp³-hybridized carbons (Fsp3) is 0.500. The second-order valence-electron chi connectivity index (χ2n) is 0.865. The second-order valence-corrected chi connectivity index (χ2v) is 0.865. The molecule has 2 heteroatoms. The molecule has 0 saturated heterocycles. The monoisotopic (exact) mass is 86.0 g/mol. The van der Waals surface area contributed by atoms with Crippen molar-refractivity contribution in [1.29, 1.82) is 0 Å². The Morgan fingerprint density at radius 2 is 2.17 bits per heavy atom. The lowest BCUT2D eigenvalue weighted by Crippen LogP contribution is -1.70.